The molecule has 0 unspecified atom stereocenters. The Balaban J connectivity index is 1.20. The van der Waals surface area contributed by atoms with Crippen LogP contribution in [-0.2, 0) is 0 Å². The molecule has 0 amide bonds. The van der Waals surface area contributed by atoms with Gasteiger partial charge in [0.25, 0.3) is 0 Å². The van der Waals surface area contributed by atoms with Crippen LogP contribution in [0.15, 0.2) is 179 Å². The molecule has 4 nitrogen and oxygen atoms in total. The lowest BCUT2D eigenvalue weighted by Gasteiger charge is -2.28. The summed E-state index contributed by atoms with van der Waals surface area (Å²) >= 11 is 0. The van der Waals surface area contributed by atoms with Crippen molar-refractivity contribution in [3.05, 3.63) is 170 Å². The van der Waals surface area contributed by atoms with Crippen LogP contribution < -0.4 is 4.90 Å². The van der Waals surface area contributed by atoms with Crippen molar-refractivity contribution in [2.24, 2.45) is 0 Å². The zero-order valence-corrected chi connectivity index (χ0v) is 25.4. The molecule has 0 spiro atoms. The molecule has 2 heterocycles. The smallest absolute Gasteiger partial charge is 0.227 e. The van der Waals surface area contributed by atoms with E-state index in [2.05, 4.69) is 126 Å². The second-order valence-corrected chi connectivity index (χ2v) is 11.6. The standard InChI is InChI=1S/C43H28N2O2/c1-5-13-29(14-6-1)32-21-24-39(36(25-32)30-15-7-2-8-16-30)45(33-19-11-4-12-20-33)34-22-23-35-37-27-42-38(28-41(37)46-40(35)26-34)44-43(47-42)31-17-9-3-10-18-31/h1-28H. The van der Waals surface area contributed by atoms with Crippen LogP contribution in [0, 0.1) is 0 Å². The Labute approximate surface area is 271 Å². The first-order chi connectivity index (χ1) is 23.3. The van der Waals surface area contributed by atoms with Gasteiger partial charge in [-0.25, -0.2) is 4.98 Å². The minimum Gasteiger partial charge on any atom is -0.456 e. The van der Waals surface area contributed by atoms with Gasteiger partial charge in [-0.05, 0) is 71.3 Å². The van der Waals surface area contributed by atoms with Crippen LogP contribution in [-0.4, -0.2) is 4.98 Å². The van der Waals surface area contributed by atoms with E-state index in [1.165, 1.54) is 11.1 Å². The third-order valence-corrected chi connectivity index (χ3v) is 8.69. The third-order valence-electron chi connectivity index (χ3n) is 8.69. The SMILES string of the molecule is c1ccc(-c2ccc(N(c3ccccc3)c3ccc4c(c3)oc3cc5nc(-c6ccccc6)oc5cc34)c(-c3ccccc3)c2)cc1. The van der Waals surface area contributed by atoms with E-state index in [1.807, 2.05) is 48.5 Å². The van der Waals surface area contributed by atoms with E-state index in [0.717, 1.165) is 66.8 Å². The zero-order valence-electron chi connectivity index (χ0n) is 25.4. The van der Waals surface area contributed by atoms with Crippen LogP contribution in [0.5, 0.6) is 0 Å². The van der Waals surface area contributed by atoms with Crippen LogP contribution in [0.1, 0.15) is 0 Å². The van der Waals surface area contributed by atoms with Crippen molar-refractivity contribution < 1.29 is 8.83 Å². The van der Waals surface area contributed by atoms with Gasteiger partial charge in [-0.2, -0.15) is 0 Å². The largest absolute Gasteiger partial charge is 0.456 e. The number of anilines is 3. The lowest BCUT2D eigenvalue weighted by Crippen LogP contribution is -2.11. The predicted octanol–water partition coefficient (Wildman–Crippen LogP) is 12.2. The highest BCUT2D eigenvalue weighted by Gasteiger charge is 2.20. The Kier molecular flexibility index (Phi) is 6.43. The molecule has 0 N–H and O–H groups in total. The Hall–Kier alpha value is -6.39. The van der Waals surface area contributed by atoms with Crippen molar-refractivity contribution in [3.63, 3.8) is 0 Å². The normalized spacial score (nSPS) is 11.4. The molecule has 0 saturated heterocycles. The molecule has 47 heavy (non-hydrogen) atoms. The van der Waals surface area contributed by atoms with Crippen LogP contribution >= 0.6 is 0 Å². The average Bonchev–Trinajstić information content (AvgIpc) is 3.72. The Morgan fingerprint density at radius 3 is 1.77 bits per heavy atom. The number of para-hydroxylation sites is 1. The quantitative estimate of drug-likeness (QED) is 0.189. The summed E-state index contributed by atoms with van der Waals surface area (Å²) in [5.41, 5.74) is 11.8. The van der Waals surface area contributed by atoms with Gasteiger partial charge in [0.05, 0.1) is 5.69 Å². The summed E-state index contributed by atoms with van der Waals surface area (Å²) in [5, 5.41) is 2.03. The van der Waals surface area contributed by atoms with Gasteiger partial charge in [0.1, 0.15) is 16.7 Å². The summed E-state index contributed by atoms with van der Waals surface area (Å²) in [6.07, 6.45) is 0. The minimum absolute atomic E-state index is 0.603. The van der Waals surface area contributed by atoms with Crippen molar-refractivity contribution in [2.45, 2.75) is 0 Å². The molecule has 7 aromatic carbocycles. The number of hydrogen-bond acceptors (Lipinski definition) is 4. The number of aromatic nitrogens is 1. The van der Waals surface area contributed by atoms with E-state index >= 15 is 0 Å². The molecule has 4 heteroatoms. The van der Waals surface area contributed by atoms with Crippen molar-refractivity contribution in [1.82, 2.24) is 4.98 Å². The Morgan fingerprint density at radius 1 is 0.404 bits per heavy atom. The number of oxazole rings is 1. The zero-order chi connectivity index (χ0) is 31.2. The van der Waals surface area contributed by atoms with Crippen molar-refractivity contribution in [3.8, 4) is 33.7 Å². The molecule has 9 rings (SSSR count). The molecule has 0 bridgehead atoms. The molecular formula is C43H28N2O2. The minimum atomic E-state index is 0.603. The molecule has 0 fully saturated rings. The molecule has 0 aliphatic rings. The van der Waals surface area contributed by atoms with Crippen molar-refractivity contribution >= 4 is 50.1 Å². The monoisotopic (exact) mass is 604 g/mol. The van der Waals surface area contributed by atoms with Gasteiger partial charge < -0.3 is 13.7 Å². The fourth-order valence-corrected chi connectivity index (χ4v) is 6.42. The molecule has 222 valence electrons. The van der Waals surface area contributed by atoms with E-state index in [-0.39, 0.29) is 0 Å². The highest BCUT2D eigenvalue weighted by Crippen LogP contribution is 2.44. The van der Waals surface area contributed by atoms with Crippen LogP contribution in [0.2, 0.25) is 0 Å². The van der Waals surface area contributed by atoms with Crippen molar-refractivity contribution in [2.75, 3.05) is 4.90 Å². The fourth-order valence-electron chi connectivity index (χ4n) is 6.42. The van der Waals surface area contributed by atoms with Gasteiger partial charge >= 0.3 is 0 Å². The van der Waals surface area contributed by atoms with E-state index < -0.39 is 0 Å². The lowest BCUT2D eigenvalue weighted by atomic mass is 9.96. The topological polar surface area (TPSA) is 42.4 Å². The van der Waals surface area contributed by atoms with Crippen LogP contribution in [0.4, 0.5) is 17.1 Å². The first-order valence-electron chi connectivity index (χ1n) is 15.7. The van der Waals surface area contributed by atoms with E-state index in [9.17, 15) is 0 Å². The number of furan rings is 1. The van der Waals surface area contributed by atoms with Gasteiger partial charge in [-0.3, -0.25) is 0 Å². The maximum absolute atomic E-state index is 6.52. The number of benzene rings is 7. The van der Waals surface area contributed by atoms with Crippen molar-refractivity contribution in [1.29, 1.82) is 0 Å². The number of fused-ring (bicyclic) bond motifs is 4. The van der Waals surface area contributed by atoms with Gasteiger partial charge in [0, 0.05) is 45.4 Å². The van der Waals surface area contributed by atoms with Crippen LogP contribution in [0.25, 0.3) is 66.7 Å². The molecular weight excluding hydrogens is 576 g/mol. The van der Waals surface area contributed by atoms with Gasteiger partial charge in [-0.1, -0.05) is 103 Å². The molecule has 9 aromatic rings. The lowest BCUT2D eigenvalue weighted by molar-refractivity contribution is 0.620. The van der Waals surface area contributed by atoms with Gasteiger partial charge in [0.2, 0.25) is 5.89 Å². The van der Waals surface area contributed by atoms with E-state index in [1.54, 1.807) is 0 Å². The van der Waals surface area contributed by atoms with E-state index in [0.29, 0.717) is 5.89 Å². The Morgan fingerprint density at radius 2 is 1.04 bits per heavy atom. The molecule has 0 radical (unpaired) electrons. The molecule has 0 aliphatic carbocycles. The summed E-state index contributed by atoms with van der Waals surface area (Å²) in [5.74, 6) is 0.603. The number of rotatable bonds is 6. The summed E-state index contributed by atoms with van der Waals surface area (Å²) < 4.78 is 12.7. The summed E-state index contributed by atoms with van der Waals surface area (Å²) in [6.45, 7) is 0. The number of hydrogen-bond donors (Lipinski definition) is 0. The highest BCUT2D eigenvalue weighted by molar-refractivity contribution is 6.10. The fraction of sp³-hybridized carbons (Fsp3) is 0. The molecule has 0 saturated carbocycles. The second-order valence-electron chi connectivity index (χ2n) is 11.6. The van der Waals surface area contributed by atoms with E-state index in [4.69, 9.17) is 13.8 Å². The van der Waals surface area contributed by atoms with Crippen LogP contribution in [0.3, 0.4) is 0 Å². The molecule has 0 aliphatic heterocycles. The van der Waals surface area contributed by atoms with Gasteiger partial charge in [-0.15, -0.1) is 0 Å². The third kappa shape index (κ3) is 4.84. The second kappa shape index (κ2) is 11.2. The maximum atomic E-state index is 6.52. The summed E-state index contributed by atoms with van der Waals surface area (Å²) in [4.78, 5) is 7.07. The first-order valence-corrected chi connectivity index (χ1v) is 15.7. The highest BCUT2D eigenvalue weighted by atomic mass is 16.4. The summed E-state index contributed by atoms with van der Waals surface area (Å²) in [6, 6.07) is 58.8. The average molecular weight is 605 g/mol. The number of nitrogens with zero attached hydrogens (tertiary/aromatic N) is 2. The molecule has 2 aromatic heterocycles. The summed E-state index contributed by atoms with van der Waals surface area (Å²) in [7, 11) is 0. The Bertz CT molecular complexity index is 2500. The first kappa shape index (κ1) is 27.0. The molecule has 0 atom stereocenters. The maximum Gasteiger partial charge on any atom is 0.227 e. The predicted molar refractivity (Wildman–Crippen MR) is 192 cm³/mol. The van der Waals surface area contributed by atoms with Gasteiger partial charge in [0.15, 0.2) is 5.58 Å².